The molecule has 0 radical (unpaired) electrons. The fraction of sp³-hybridized carbons (Fsp3) is 0.500. The Morgan fingerprint density at radius 1 is 1.47 bits per heavy atom. The summed E-state index contributed by atoms with van der Waals surface area (Å²) in [6, 6.07) is 8.19. The first kappa shape index (κ1) is 12.1. The van der Waals surface area contributed by atoms with Crippen LogP contribution in [0.4, 0.5) is 5.69 Å². The minimum atomic E-state index is 0.0196. The van der Waals surface area contributed by atoms with Crippen LogP contribution in [-0.4, -0.2) is 19.0 Å². The van der Waals surface area contributed by atoms with Gasteiger partial charge in [-0.1, -0.05) is 25.1 Å². The number of hydrogen-bond acceptors (Lipinski definition) is 2. The van der Waals surface area contributed by atoms with Gasteiger partial charge in [0.1, 0.15) is 0 Å². The van der Waals surface area contributed by atoms with Crippen molar-refractivity contribution in [1.82, 2.24) is 0 Å². The molecular formula is C14H20N2O. The molecule has 1 atom stereocenters. The Morgan fingerprint density at radius 3 is 3.00 bits per heavy atom. The number of amides is 1. The molecule has 0 aliphatic carbocycles. The standard InChI is InChI=1S/C14H20N2O/c1-11(8-9-15)14(17)16-10-4-6-12-5-2-3-7-13(12)16/h2-3,5,7,11H,4,6,8-10,15H2,1H3. The fourth-order valence-electron chi connectivity index (χ4n) is 2.40. The van der Waals surface area contributed by atoms with Gasteiger partial charge in [0.05, 0.1) is 0 Å². The van der Waals surface area contributed by atoms with E-state index in [1.54, 1.807) is 0 Å². The van der Waals surface area contributed by atoms with E-state index in [0.29, 0.717) is 6.54 Å². The van der Waals surface area contributed by atoms with E-state index in [-0.39, 0.29) is 11.8 Å². The maximum absolute atomic E-state index is 12.3. The molecule has 0 bridgehead atoms. The van der Waals surface area contributed by atoms with E-state index >= 15 is 0 Å². The maximum atomic E-state index is 12.3. The zero-order chi connectivity index (χ0) is 12.3. The van der Waals surface area contributed by atoms with Crippen molar-refractivity contribution in [3.63, 3.8) is 0 Å². The Labute approximate surface area is 103 Å². The summed E-state index contributed by atoms with van der Waals surface area (Å²) in [7, 11) is 0. The van der Waals surface area contributed by atoms with Gasteiger partial charge in [0.2, 0.25) is 5.91 Å². The molecule has 0 fully saturated rings. The second-order valence-electron chi connectivity index (χ2n) is 4.70. The van der Waals surface area contributed by atoms with Crippen LogP contribution >= 0.6 is 0 Å². The highest BCUT2D eigenvalue weighted by Gasteiger charge is 2.25. The van der Waals surface area contributed by atoms with Crippen LogP contribution in [0.5, 0.6) is 0 Å². The highest BCUT2D eigenvalue weighted by molar-refractivity contribution is 5.95. The zero-order valence-corrected chi connectivity index (χ0v) is 10.4. The number of carbonyl (C=O) groups is 1. The first-order chi connectivity index (χ1) is 8.24. The minimum absolute atomic E-state index is 0.0196. The van der Waals surface area contributed by atoms with Crippen LogP contribution in [0.15, 0.2) is 24.3 Å². The van der Waals surface area contributed by atoms with Crippen LogP contribution < -0.4 is 10.6 Å². The summed E-state index contributed by atoms with van der Waals surface area (Å²) in [6.45, 7) is 3.37. The number of hydrogen-bond donors (Lipinski definition) is 1. The molecule has 1 aliphatic rings. The average Bonchev–Trinajstić information content (AvgIpc) is 2.37. The van der Waals surface area contributed by atoms with E-state index < -0.39 is 0 Å². The maximum Gasteiger partial charge on any atom is 0.229 e. The van der Waals surface area contributed by atoms with Gasteiger partial charge in [-0.25, -0.2) is 0 Å². The molecule has 3 heteroatoms. The minimum Gasteiger partial charge on any atom is -0.330 e. The zero-order valence-electron chi connectivity index (χ0n) is 10.4. The monoisotopic (exact) mass is 232 g/mol. The predicted molar refractivity (Wildman–Crippen MR) is 70.0 cm³/mol. The van der Waals surface area contributed by atoms with Gasteiger partial charge in [-0.3, -0.25) is 4.79 Å². The number of nitrogens with two attached hydrogens (primary N) is 1. The molecule has 1 unspecified atom stereocenters. The van der Waals surface area contributed by atoms with E-state index in [4.69, 9.17) is 5.73 Å². The summed E-state index contributed by atoms with van der Waals surface area (Å²) < 4.78 is 0. The molecule has 17 heavy (non-hydrogen) atoms. The second-order valence-corrected chi connectivity index (χ2v) is 4.70. The SMILES string of the molecule is CC(CCN)C(=O)N1CCCc2ccccc21. The van der Waals surface area contributed by atoms with Gasteiger partial charge in [-0.05, 0) is 37.4 Å². The van der Waals surface area contributed by atoms with Crippen LogP contribution in [-0.2, 0) is 11.2 Å². The molecular weight excluding hydrogens is 212 g/mol. The molecule has 1 heterocycles. The first-order valence-corrected chi connectivity index (χ1v) is 6.33. The van der Waals surface area contributed by atoms with Gasteiger partial charge in [0.15, 0.2) is 0 Å². The quantitative estimate of drug-likeness (QED) is 0.865. The lowest BCUT2D eigenvalue weighted by Crippen LogP contribution is -2.39. The van der Waals surface area contributed by atoms with Crippen molar-refractivity contribution in [3.05, 3.63) is 29.8 Å². The normalized spacial score (nSPS) is 16.5. The van der Waals surface area contributed by atoms with E-state index in [2.05, 4.69) is 6.07 Å². The van der Waals surface area contributed by atoms with Gasteiger partial charge in [-0.2, -0.15) is 0 Å². The molecule has 0 saturated heterocycles. The summed E-state index contributed by atoms with van der Waals surface area (Å²) in [6.07, 6.45) is 2.89. The Balaban J connectivity index is 2.20. The van der Waals surface area contributed by atoms with Crippen molar-refractivity contribution >= 4 is 11.6 Å². The number of anilines is 1. The Morgan fingerprint density at radius 2 is 2.24 bits per heavy atom. The number of aryl methyl sites for hydroxylation is 1. The van der Waals surface area contributed by atoms with Crippen LogP contribution in [0.1, 0.15) is 25.3 Å². The molecule has 92 valence electrons. The van der Waals surface area contributed by atoms with Crippen molar-refractivity contribution in [2.45, 2.75) is 26.2 Å². The highest BCUT2D eigenvalue weighted by atomic mass is 16.2. The summed E-state index contributed by atoms with van der Waals surface area (Å²) in [5, 5.41) is 0. The Hall–Kier alpha value is -1.35. The fourth-order valence-corrected chi connectivity index (χ4v) is 2.40. The number of nitrogens with zero attached hydrogens (tertiary/aromatic N) is 1. The smallest absolute Gasteiger partial charge is 0.229 e. The van der Waals surface area contributed by atoms with Crippen LogP contribution in [0.2, 0.25) is 0 Å². The van der Waals surface area contributed by atoms with Gasteiger partial charge >= 0.3 is 0 Å². The summed E-state index contributed by atoms with van der Waals surface area (Å²) in [5.74, 6) is 0.230. The molecule has 0 spiro atoms. The number of para-hydroxylation sites is 1. The number of carbonyl (C=O) groups excluding carboxylic acids is 1. The molecule has 1 aliphatic heterocycles. The third-order valence-corrected chi connectivity index (χ3v) is 3.40. The van der Waals surface area contributed by atoms with Crippen molar-refractivity contribution in [2.75, 3.05) is 18.0 Å². The van der Waals surface area contributed by atoms with Crippen molar-refractivity contribution in [1.29, 1.82) is 0 Å². The van der Waals surface area contributed by atoms with Crippen molar-refractivity contribution in [3.8, 4) is 0 Å². The summed E-state index contributed by atoms with van der Waals surface area (Å²) in [5.41, 5.74) is 7.90. The number of fused-ring (bicyclic) bond motifs is 1. The van der Waals surface area contributed by atoms with Crippen LogP contribution in [0, 0.1) is 5.92 Å². The molecule has 3 nitrogen and oxygen atoms in total. The average molecular weight is 232 g/mol. The Bertz CT molecular complexity index is 403. The molecule has 1 aromatic carbocycles. The van der Waals surface area contributed by atoms with Crippen molar-refractivity contribution in [2.24, 2.45) is 11.7 Å². The van der Waals surface area contributed by atoms with Gasteiger partial charge in [0.25, 0.3) is 0 Å². The van der Waals surface area contributed by atoms with E-state index in [1.807, 2.05) is 30.0 Å². The van der Waals surface area contributed by atoms with E-state index in [0.717, 1.165) is 31.5 Å². The van der Waals surface area contributed by atoms with Crippen molar-refractivity contribution < 1.29 is 4.79 Å². The van der Waals surface area contributed by atoms with Gasteiger partial charge in [0, 0.05) is 18.2 Å². The summed E-state index contributed by atoms with van der Waals surface area (Å²) >= 11 is 0. The second kappa shape index (κ2) is 5.32. The highest BCUT2D eigenvalue weighted by Crippen LogP contribution is 2.28. The lowest BCUT2D eigenvalue weighted by molar-refractivity contribution is -0.122. The Kier molecular flexibility index (Phi) is 3.79. The molecule has 2 rings (SSSR count). The molecule has 1 aromatic rings. The third-order valence-electron chi connectivity index (χ3n) is 3.40. The van der Waals surface area contributed by atoms with Gasteiger partial charge in [-0.15, -0.1) is 0 Å². The lowest BCUT2D eigenvalue weighted by Gasteiger charge is -2.31. The molecule has 0 aromatic heterocycles. The molecule has 0 saturated carbocycles. The van der Waals surface area contributed by atoms with Gasteiger partial charge < -0.3 is 10.6 Å². The first-order valence-electron chi connectivity index (χ1n) is 6.33. The number of rotatable bonds is 3. The molecule has 2 N–H and O–H groups in total. The largest absolute Gasteiger partial charge is 0.330 e. The lowest BCUT2D eigenvalue weighted by atomic mass is 9.99. The van der Waals surface area contributed by atoms with E-state index in [9.17, 15) is 4.79 Å². The third kappa shape index (κ3) is 2.50. The number of benzene rings is 1. The van der Waals surface area contributed by atoms with Crippen LogP contribution in [0.3, 0.4) is 0 Å². The topological polar surface area (TPSA) is 46.3 Å². The predicted octanol–water partition coefficient (Wildman–Crippen LogP) is 1.95. The van der Waals surface area contributed by atoms with E-state index in [1.165, 1.54) is 5.56 Å². The van der Waals surface area contributed by atoms with Crippen LogP contribution in [0.25, 0.3) is 0 Å². The molecule has 1 amide bonds. The summed E-state index contributed by atoms with van der Waals surface area (Å²) in [4.78, 5) is 14.3.